The fraction of sp³-hybridized carbons (Fsp3) is 0.923. The topological polar surface area (TPSA) is 0 Å². The van der Waals surface area contributed by atoms with Crippen LogP contribution in [0.2, 0.25) is 0 Å². The van der Waals surface area contributed by atoms with Crippen molar-refractivity contribution in [3.63, 3.8) is 0 Å². The molecule has 0 aromatic carbocycles. The minimum absolute atomic E-state index is 0.133. The molecule has 2 fully saturated rings. The van der Waals surface area contributed by atoms with E-state index >= 15 is 0 Å². The number of rotatable bonds is 2. The fourth-order valence-corrected chi connectivity index (χ4v) is 5.78. The molecule has 2 aliphatic carbocycles. The smallest absolute Gasteiger partial charge is 0.418 e. The summed E-state index contributed by atoms with van der Waals surface area (Å²) in [5.74, 6) is 0. The first kappa shape index (κ1) is 17.3. The molecule has 19 heavy (non-hydrogen) atoms. The van der Waals surface area contributed by atoms with Gasteiger partial charge in [0.15, 0.2) is 0 Å². The van der Waals surface area contributed by atoms with Gasteiger partial charge in [0.1, 0.15) is 0 Å². The van der Waals surface area contributed by atoms with E-state index in [1.807, 2.05) is 0 Å². The SMILES string of the molecule is F[B-](F)(F)F.[CH2]P(C1CCCCC1)C1CCCCC1. The van der Waals surface area contributed by atoms with E-state index in [4.69, 9.17) is 0 Å². The van der Waals surface area contributed by atoms with Gasteiger partial charge >= 0.3 is 7.25 Å². The van der Waals surface area contributed by atoms with Crippen LogP contribution < -0.4 is 0 Å². The fourth-order valence-electron chi connectivity index (χ4n) is 3.12. The van der Waals surface area contributed by atoms with E-state index < -0.39 is 7.25 Å². The Hall–Kier alpha value is 0.215. The van der Waals surface area contributed by atoms with E-state index in [-0.39, 0.29) is 7.92 Å². The van der Waals surface area contributed by atoms with Crippen molar-refractivity contribution in [1.29, 1.82) is 0 Å². The lowest BCUT2D eigenvalue weighted by Gasteiger charge is -2.35. The Morgan fingerprint density at radius 1 is 0.684 bits per heavy atom. The molecule has 1 radical (unpaired) electrons. The van der Waals surface area contributed by atoms with Crippen molar-refractivity contribution in [2.24, 2.45) is 0 Å². The Morgan fingerprint density at radius 2 is 0.947 bits per heavy atom. The predicted molar refractivity (Wildman–Crippen MR) is 76.2 cm³/mol. The van der Waals surface area contributed by atoms with Gasteiger partial charge in [-0.05, 0) is 43.7 Å². The minimum atomic E-state index is -6.00. The average molecular weight is 298 g/mol. The number of hydrogen-bond donors (Lipinski definition) is 0. The highest BCUT2D eigenvalue weighted by Gasteiger charge is 2.27. The van der Waals surface area contributed by atoms with Crippen LogP contribution in [-0.2, 0) is 0 Å². The van der Waals surface area contributed by atoms with E-state index in [1.165, 1.54) is 64.2 Å². The molecule has 0 spiro atoms. The molecule has 6 heteroatoms. The standard InChI is InChI=1S/C13H24P.BF4/c1-14(12-8-4-2-5-9-12)13-10-6-3-7-11-13;2-1(3,4)5/h12-13H,1-11H2;/q;-1. The summed E-state index contributed by atoms with van der Waals surface area (Å²) in [6, 6.07) is 0. The van der Waals surface area contributed by atoms with Crippen molar-refractivity contribution in [2.75, 3.05) is 0 Å². The van der Waals surface area contributed by atoms with Crippen LogP contribution in [-0.4, -0.2) is 18.6 Å². The highest BCUT2D eigenvalue weighted by Crippen LogP contribution is 2.54. The second kappa shape index (κ2) is 8.49. The maximum atomic E-state index is 9.75. The minimum Gasteiger partial charge on any atom is -0.418 e. The van der Waals surface area contributed by atoms with Crippen molar-refractivity contribution < 1.29 is 17.3 Å². The van der Waals surface area contributed by atoms with Gasteiger partial charge in [0, 0.05) is 0 Å². The van der Waals surface area contributed by atoms with E-state index in [0.717, 1.165) is 11.3 Å². The Balaban J connectivity index is 0.000000312. The monoisotopic (exact) mass is 298 g/mol. The second-order valence-corrected chi connectivity index (χ2v) is 8.08. The van der Waals surface area contributed by atoms with Crippen molar-refractivity contribution in [3.8, 4) is 0 Å². The van der Waals surface area contributed by atoms with Gasteiger partial charge in [-0.2, -0.15) is 0 Å². The molecule has 0 saturated heterocycles. The van der Waals surface area contributed by atoms with Crippen LogP contribution in [0.5, 0.6) is 0 Å². The van der Waals surface area contributed by atoms with Crippen molar-refractivity contribution in [3.05, 3.63) is 6.66 Å². The quantitative estimate of drug-likeness (QED) is 0.322. The van der Waals surface area contributed by atoms with Gasteiger partial charge in [-0.15, -0.1) is 0 Å². The normalized spacial score (nSPS) is 23.1. The molecule has 2 aliphatic rings. The third-order valence-corrected chi connectivity index (χ3v) is 7.00. The molecule has 113 valence electrons. The third kappa shape index (κ3) is 8.17. The average Bonchev–Trinajstić information content (AvgIpc) is 2.38. The highest BCUT2D eigenvalue weighted by atomic mass is 31.1. The van der Waals surface area contributed by atoms with Gasteiger partial charge in [-0.1, -0.05) is 46.4 Å². The first-order chi connectivity index (χ1) is 8.88. The Morgan fingerprint density at radius 3 is 1.21 bits per heavy atom. The molecular formula is C13H24BF4P-. The van der Waals surface area contributed by atoms with Gasteiger partial charge < -0.3 is 17.3 Å². The molecule has 2 saturated carbocycles. The van der Waals surface area contributed by atoms with Crippen LogP contribution in [0.4, 0.5) is 17.3 Å². The Bertz CT molecular complexity index is 211. The lowest BCUT2D eigenvalue weighted by atomic mass is 9.99. The molecule has 0 heterocycles. The van der Waals surface area contributed by atoms with Gasteiger partial charge in [0.05, 0.1) is 0 Å². The summed E-state index contributed by atoms with van der Waals surface area (Å²) in [6.07, 6.45) is 15.0. The molecule has 0 aromatic rings. The van der Waals surface area contributed by atoms with Gasteiger partial charge in [0.25, 0.3) is 0 Å². The molecule has 0 aromatic heterocycles. The maximum absolute atomic E-state index is 9.75. The number of hydrogen-bond acceptors (Lipinski definition) is 0. The molecule has 0 nitrogen and oxygen atoms in total. The lowest BCUT2D eigenvalue weighted by Crippen LogP contribution is -2.18. The largest absolute Gasteiger partial charge is 0.673 e. The zero-order chi connectivity index (χ0) is 14.3. The molecule has 2 rings (SSSR count). The summed E-state index contributed by atoms with van der Waals surface area (Å²) < 4.78 is 39.0. The van der Waals surface area contributed by atoms with Gasteiger partial charge in [-0.3, -0.25) is 0 Å². The van der Waals surface area contributed by atoms with E-state index in [0.29, 0.717) is 0 Å². The molecule has 0 aliphatic heterocycles. The van der Waals surface area contributed by atoms with Crippen LogP contribution >= 0.6 is 7.92 Å². The molecular weight excluding hydrogens is 274 g/mol. The third-order valence-electron chi connectivity index (χ3n) is 4.09. The van der Waals surface area contributed by atoms with E-state index in [2.05, 4.69) is 6.66 Å². The summed E-state index contributed by atoms with van der Waals surface area (Å²) in [7, 11) is -5.87. The van der Waals surface area contributed by atoms with Crippen LogP contribution in [0.15, 0.2) is 0 Å². The zero-order valence-electron chi connectivity index (χ0n) is 11.5. The molecule has 0 bridgehead atoms. The number of halogens is 4. The maximum Gasteiger partial charge on any atom is 0.673 e. The van der Waals surface area contributed by atoms with Gasteiger partial charge in [-0.25, -0.2) is 0 Å². The first-order valence-corrected chi connectivity index (χ1v) is 9.00. The molecule has 0 unspecified atom stereocenters. The molecule has 0 atom stereocenters. The predicted octanol–water partition coefficient (Wildman–Crippen LogP) is 6.23. The summed E-state index contributed by atoms with van der Waals surface area (Å²) in [5, 5.41) is 0. The van der Waals surface area contributed by atoms with Crippen LogP contribution in [0.25, 0.3) is 0 Å². The lowest BCUT2D eigenvalue weighted by molar-refractivity contribution is 0.368. The zero-order valence-corrected chi connectivity index (χ0v) is 12.4. The first-order valence-electron chi connectivity index (χ1n) is 7.34. The van der Waals surface area contributed by atoms with Crippen LogP contribution in [0, 0.1) is 6.66 Å². The highest BCUT2D eigenvalue weighted by molar-refractivity contribution is 7.60. The summed E-state index contributed by atoms with van der Waals surface area (Å²) >= 11 is 0. The molecule has 0 amide bonds. The summed E-state index contributed by atoms with van der Waals surface area (Å²) in [6.45, 7) is 4.55. The van der Waals surface area contributed by atoms with Gasteiger partial charge in [0.2, 0.25) is 0 Å². The van der Waals surface area contributed by atoms with Crippen LogP contribution in [0.3, 0.4) is 0 Å². The second-order valence-electron chi connectivity index (χ2n) is 5.59. The summed E-state index contributed by atoms with van der Waals surface area (Å²) in [5.41, 5.74) is 2.09. The van der Waals surface area contributed by atoms with Crippen molar-refractivity contribution >= 4 is 15.2 Å². The Kier molecular flexibility index (Phi) is 7.72. The summed E-state index contributed by atoms with van der Waals surface area (Å²) in [4.78, 5) is 0. The Labute approximate surface area is 115 Å². The van der Waals surface area contributed by atoms with Crippen LogP contribution in [0.1, 0.15) is 64.2 Å². The molecule has 0 N–H and O–H groups in total. The van der Waals surface area contributed by atoms with E-state index in [1.54, 1.807) is 0 Å². The van der Waals surface area contributed by atoms with E-state index in [9.17, 15) is 17.3 Å². The van der Waals surface area contributed by atoms with Crippen molar-refractivity contribution in [2.45, 2.75) is 75.5 Å². The van der Waals surface area contributed by atoms with Crippen molar-refractivity contribution in [1.82, 2.24) is 0 Å².